The van der Waals surface area contributed by atoms with Crippen molar-refractivity contribution in [1.82, 2.24) is 5.16 Å². The van der Waals surface area contributed by atoms with Gasteiger partial charge < -0.3 is 19.7 Å². The predicted octanol–water partition coefficient (Wildman–Crippen LogP) is 2.03. The highest BCUT2D eigenvalue weighted by atomic mass is 16.5. The Hall–Kier alpha value is -2.01. The Balaban J connectivity index is 2.11. The van der Waals surface area contributed by atoms with Gasteiger partial charge in [0.15, 0.2) is 11.5 Å². The minimum absolute atomic E-state index is 0.335. The number of aromatic nitrogens is 1. The lowest BCUT2D eigenvalue weighted by Crippen LogP contribution is -2.01. The minimum Gasteiger partial charge on any atom is -0.493 e. The first kappa shape index (κ1) is 12.4. The molecule has 0 saturated carbocycles. The van der Waals surface area contributed by atoms with Crippen LogP contribution in [0.3, 0.4) is 0 Å². The van der Waals surface area contributed by atoms with E-state index in [1.54, 1.807) is 7.11 Å². The van der Waals surface area contributed by atoms with Crippen molar-refractivity contribution >= 4 is 0 Å². The number of nitrogens with zero attached hydrogens (tertiary/aromatic N) is 1. The fourth-order valence-corrected chi connectivity index (χ4v) is 1.60. The van der Waals surface area contributed by atoms with E-state index >= 15 is 0 Å². The van der Waals surface area contributed by atoms with Gasteiger partial charge in [0.05, 0.1) is 7.11 Å². The summed E-state index contributed by atoms with van der Waals surface area (Å²) in [6.45, 7) is 2.64. The quantitative estimate of drug-likeness (QED) is 0.876. The average Bonchev–Trinajstić information content (AvgIpc) is 2.81. The first-order valence-corrected chi connectivity index (χ1v) is 5.65. The Labute approximate surface area is 105 Å². The highest BCUT2D eigenvalue weighted by Gasteiger charge is 2.07. The molecule has 0 aliphatic heterocycles. The van der Waals surface area contributed by atoms with E-state index in [0.29, 0.717) is 24.7 Å². The van der Waals surface area contributed by atoms with Crippen molar-refractivity contribution in [2.24, 2.45) is 5.73 Å². The molecule has 0 saturated heterocycles. The van der Waals surface area contributed by atoms with Gasteiger partial charge in [-0.3, -0.25) is 0 Å². The molecule has 0 radical (unpaired) electrons. The maximum Gasteiger partial charge on any atom is 0.162 e. The predicted molar refractivity (Wildman–Crippen MR) is 66.5 cm³/mol. The number of benzene rings is 1. The first-order valence-electron chi connectivity index (χ1n) is 5.65. The number of aryl methyl sites for hydroxylation is 1. The van der Waals surface area contributed by atoms with Crippen molar-refractivity contribution in [1.29, 1.82) is 0 Å². The van der Waals surface area contributed by atoms with E-state index in [0.717, 1.165) is 17.0 Å². The van der Waals surface area contributed by atoms with Crippen molar-refractivity contribution in [2.45, 2.75) is 20.1 Å². The molecule has 0 atom stereocenters. The monoisotopic (exact) mass is 248 g/mol. The van der Waals surface area contributed by atoms with Gasteiger partial charge in [0.2, 0.25) is 0 Å². The molecule has 0 aliphatic rings. The summed E-state index contributed by atoms with van der Waals surface area (Å²) in [5.41, 5.74) is 7.33. The van der Waals surface area contributed by atoms with E-state index in [1.807, 2.05) is 31.2 Å². The van der Waals surface area contributed by atoms with Crippen LogP contribution in [0.25, 0.3) is 0 Å². The molecule has 2 rings (SSSR count). The second-order valence-corrected chi connectivity index (χ2v) is 3.91. The van der Waals surface area contributed by atoms with Gasteiger partial charge in [-0.05, 0) is 24.6 Å². The molecule has 0 aliphatic carbocycles. The SMILES string of the molecule is COc1ccc(CN)cc1OCc1cc(C)on1. The van der Waals surface area contributed by atoms with Gasteiger partial charge in [-0.25, -0.2) is 0 Å². The van der Waals surface area contributed by atoms with Crippen molar-refractivity contribution in [3.05, 3.63) is 41.3 Å². The zero-order valence-electron chi connectivity index (χ0n) is 10.5. The summed E-state index contributed by atoms with van der Waals surface area (Å²) in [5.74, 6) is 2.09. The van der Waals surface area contributed by atoms with Gasteiger partial charge in [-0.2, -0.15) is 0 Å². The van der Waals surface area contributed by atoms with E-state index in [2.05, 4.69) is 5.16 Å². The van der Waals surface area contributed by atoms with E-state index in [-0.39, 0.29) is 0 Å². The highest BCUT2D eigenvalue weighted by Crippen LogP contribution is 2.28. The van der Waals surface area contributed by atoms with Crippen LogP contribution in [0.1, 0.15) is 17.0 Å². The second kappa shape index (κ2) is 5.55. The Bertz CT molecular complexity index is 523. The number of rotatable bonds is 5. The smallest absolute Gasteiger partial charge is 0.162 e. The lowest BCUT2D eigenvalue weighted by atomic mass is 10.2. The van der Waals surface area contributed by atoms with E-state index in [1.165, 1.54) is 0 Å². The summed E-state index contributed by atoms with van der Waals surface area (Å²) in [6.07, 6.45) is 0. The second-order valence-electron chi connectivity index (χ2n) is 3.91. The standard InChI is InChI=1S/C13H16N2O3/c1-9-5-11(15-18-9)8-17-13-6-10(7-14)3-4-12(13)16-2/h3-6H,7-8,14H2,1-2H3. The van der Waals surface area contributed by atoms with Crippen molar-refractivity contribution in [3.63, 3.8) is 0 Å². The van der Waals surface area contributed by atoms with E-state index in [4.69, 9.17) is 19.7 Å². The van der Waals surface area contributed by atoms with E-state index in [9.17, 15) is 0 Å². The van der Waals surface area contributed by atoms with Crippen molar-refractivity contribution in [3.8, 4) is 11.5 Å². The summed E-state index contributed by atoms with van der Waals surface area (Å²) in [5, 5.41) is 3.86. The molecule has 1 aromatic heterocycles. The van der Waals surface area contributed by atoms with Gasteiger partial charge in [-0.1, -0.05) is 11.2 Å². The third-order valence-electron chi connectivity index (χ3n) is 2.52. The van der Waals surface area contributed by atoms with Crippen LogP contribution >= 0.6 is 0 Å². The van der Waals surface area contributed by atoms with Crippen LogP contribution in [0.5, 0.6) is 11.5 Å². The fraction of sp³-hybridized carbons (Fsp3) is 0.308. The average molecular weight is 248 g/mol. The van der Waals surface area contributed by atoms with Crippen LogP contribution in [-0.2, 0) is 13.2 Å². The number of methoxy groups -OCH3 is 1. The normalized spacial score (nSPS) is 10.4. The van der Waals surface area contributed by atoms with Crippen LogP contribution in [0, 0.1) is 6.92 Å². The summed E-state index contributed by atoms with van der Waals surface area (Å²) >= 11 is 0. The number of ether oxygens (including phenoxy) is 2. The molecule has 5 nitrogen and oxygen atoms in total. The molecule has 5 heteroatoms. The molecule has 1 heterocycles. The van der Waals surface area contributed by atoms with Crippen LogP contribution in [0.15, 0.2) is 28.8 Å². The summed E-state index contributed by atoms with van der Waals surface area (Å²) in [6, 6.07) is 7.45. The zero-order valence-corrected chi connectivity index (χ0v) is 10.5. The topological polar surface area (TPSA) is 70.5 Å². The molecule has 0 fully saturated rings. The maximum atomic E-state index is 5.67. The number of hydrogen-bond acceptors (Lipinski definition) is 5. The molecule has 2 N–H and O–H groups in total. The van der Waals surface area contributed by atoms with Gasteiger partial charge in [0, 0.05) is 12.6 Å². The molecule has 18 heavy (non-hydrogen) atoms. The lowest BCUT2D eigenvalue weighted by Gasteiger charge is -2.10. The summed E-state index contributed by atoms with van der Waals surface area (Å²) < 4.78 is 15.9. The van der Waals surface area contributed by atoms with Crippen LogP contribution < -0.4 is 15.2 Å². The van der Waals surface area contributed by atoms with Crippen LogP contribution in [-0.4, -0.2) is 12.3 Å². The Morgan fingerprint density at radius 3 is 2.72 bits per heavy atom. The van der Waals surface area contributed by atoms with Gasteiger partial charge >= 0.3 is 0 Å². The highest BCUT2D eigenvalue weighted by molar-refractivity contribution is 5.42. The zero-order chi connectivity index (χ0) is 13.0. The maximum absolute atomic E-state index is 5.67. The Morgan fingerprint density at radius 2 is 2.11 bits per heavy atom. The molecule has 1 aromatic carbocycles. The van der Waals surface area contributed by atoms with Crippen molar-refractivity contribution in [2.75, 3.05) is 7.11 Å². The van der Waals surface area contributed by atoms with Crippen LogP contribution in [0.4, 0.5) is 0 Å². The van der Waals surface area contributed by atoms with E-state index < -0.39 is 0 Å². The van der Waals surface area contributed by atoms with Gasteiger partial charge in [-0.15, -0.1) is 0 Å². The molecule has 96 valence electrons. The third kappa shape index (κ3) is 2.81. The molecular formula is C13H16N2O3. The molecule has 0 amide bonds. The van der Waals surface area contributed by atoms with Crippen LogP contribution in [0.2, 0.25) is 0 Å². The Morgan fingerprint density at radius 1 is 1.28 bits per heavy atom. The van der Waals surface area contributed by atoms with Gasteiger partial charge in [0.1, 0.15) is 18.1 Å². The molecular weight excluding hydrogens is 232 g/mol. The summed E-state index contributed by atoms with van der Waals surface area (Å²) in [7, 11) is 1.60. The molecule has 0 bridgehead atoms. The molecule has 2 aromatic rings. The summed E-state index contributed by atoms with van der Waals surface area (Å²) in [4.78, 5) is 0. The Kier molecular flexibility index (Phi) is 3.84. The molecule has 0 spiro atoms. The lowest BCUT2D eigenvalue weighted by molar-refractivity contribution is 0.271. The van der Waals surface area contributed by atoms with Crippen molar-refractivity contribution < 1.29 is 14.0 Å². The van der Waals surface area contributed by atoms with Gasteiger partial charge in [0.25, 0.3) is 0 Å². The largest absolute Gasteiger partial charge is 0.493 e. The number of hydrogen-bond donors (Lipinski definition) is 1. The number of nitrogens with two attached hydrogens (primary N) is 1. The fourth-order valence-electron chi connectivity index (χ4n) is 1.60. The minimum atomic E-state index is 0.335. The molecule has 0 unspecified atom stereocenters. The third-order valence-corrected chi connectivity index (χ3v) is 2.52. The first-order chi connectivity index (χ1) is 8.72.